The predicted molar refractivity (Wildman–Crippen MR) is 43.6 cm³/mol. The average Bonchev–Trinajstić information content (AvgIpc) is 2.17. The van der Waals surface area contributed by atoms with Crippen molar-refractivity contribution in [2.75, 3.05) is 0 Å². The van der Waals surface area contributed by atoms with Crippen molar-refractivity contribution in [2.45, 2.75) is 0 Å². The molecule has 0 aliphatic heterocycles. The highest BCUT2D eigenvalue weighted by atomic mass is 35.5. The highest BCUT2D eigenvalue weighted by molar-refractivity contribution is 6.84. The predicted octanol–water partition coefficient (Wildman–Crippen LogP) is 1.29. The molecule has 0 saturated carbocycles. The summed E-state index contributed by atoms with van der Waals surface area (Å²) in [5, 5.41) is 10.2. The Kier molecular flexibility index (Phi) is 2.76. The molecule has 0 spiro atoms. The molecule has 0 amide bonds. The zero-order chi connectivity index (χ0) is 8.97. The maximum absolute atomic E-state index is 11.1. The fourth-order valence-electron chi connectivity index (χ4n) is 0.648. The van der Waals surface area contributed by atoms with Crippen molar-refractivity contribution in [3.63, 3.8) is 0 Å². The van der Waals surface area contributed by atoms with Gasteiger partial charge in [-0.1, -0.05) is 22.8 Å². The van der Waals surface area contributed by atoms with Crippen LogP contribution in [0.25, 0.3) is 0 Å². The lowest BCUT2D eigenvalue weighted by atomic mass is 10.3. The van der Waals surface area contributed by atoms with Crippen LogP contribution >= 0.6 is 11.6 Å². The molecule has 1 N–H and O–H groups in total. The second-order valence-corrected chi connectivity index (χ2v) is 2.29. The van der Waals surface area contributed by atoms with Gasteiger partial charge in [-0.15, -0.1) is 0 Å². The van der Waals surface area contributed by atoms with Crippen LogP contribution in [0.15, 0.2) is 29.6 Å². The molecule has 0 aromatic carbocycles. The molecule has 1 aromatic rings. The zero-order valence-corrected chi connectivity index (χ0v) is 6.69. The van der Waals surface area contributed by atoms with E-state index in [0.717, 1.165) is 0 Å². The topological polar surface area (TPSA) is 62.5 Å². The first-order valence-corrected chi connectivity index (χ1v) is 3.47. The normalized spacial score (nSPS) is 11.2. The van der Waals surface area contributed by atoms with Crippen molar-refractivity contribution in [3.05, 3.63) is 30.1 Å². The molecular formula is C7H5ClN2O2. The standard InChI is InChI=1S/C7H5ClN2O2/c8-7(10-12)6(11)5-3-1-2-4-9-5/h1-4,12H. The molecule has 0 aliphatic carbocycles. The van der Waals surface area contributed by atoms with Crippen LogP contribution in [0, 0.1) is 0 Å². The van der Waals surface area contributed by atoms with Gasteiger partial charge in [-0.3, -0.25) is 9.78 Å². The van der Waals surface area contributed by atoms with Crippen LogP contribution in [0.3, 0.4) is 0 Å². The van der Waals surface area contributed by atoms with Gasteiger partial charge in [0.25, 0.3) is 0 Å². The molecule has 0 atom stereocenters. The number of rotatable bonds is 2. The number of carbonyl (C=O) groups excluding carboxylic acids is 1. The van der Waals surface area contributed by atoms with Gasteiger partial charge in [0.05, 0.1) is 0 Å². The van der Waals surface area contributed by atoms with E-state index in [0.29, 0.717) is 0 Å². The first-order chi connectivity index (χ1) is 5.75. The van der Waals surface area contributed by atoms with Crippen LogP contribution in [-0.2, 0) is 0 Å². The quantitative estimate of drug-likeness (QED) is 0.326. The van der Waals surface area contributed by atoms with Crippen LogP contribution in [0.5, 0.6) is 0 Å². The maximum Gasteiger partial charge on any atom is 0.244 e. The molecular weight excluding hydrogens is 180 g/mol. The van der Waals surface area contributed by atoms with Crippen LogP contribution in [0.4, 0.5) is 0 Å². The van der Waals surface area contributed by atoms with Crippen LogP contribution in [-0.4, -0.2) is 21.1 Å². The molecule has 1 aromatic heterocycles. The molecule has 12 heavy (non-hydrogen) atoms. The summed E-state index contributed by atoms with van der Waals surface area (Å²) in [5.74, 6) is -0.597. The van der Waals surface area contributed by atoms with Gasteiger partial charge in [0.15, 0.2) is 0 Å². The number of aromatic nitrogens is 1. The van der Waals surface area contributed by atoms with E-state index in [1.54, 1.807) is 12.1 Å². The summed E-state index contributed by atoms with van der Waals surface area (Å²) in [6.45, 7) is 0. The minimum Gasteiger partial charge on any atom is -0.410 e. The Morgan fingerprint density at radius 2 is 2.33 bits per heavy atom. The highest BCUT2D eigenvalue weighted by Gasteiger charge is 2.12. The summed E-state index contributed by atoms with van der Waals surface area (Å²) in [5.41, 5.74) is 0.153. The molecule has 0 radical (unpaired) electrons. The molecule has 0 saturated heterocycles. The van der Waals surface area contributed by atoms with E-state index in [1.807, 2.05) is 0 Å². The zero-order valence-electron chi connectivity index (χ0n) is 5.94. The number of Topliss-reactive ketones (excluding diaryl/α,β-unsaturated/α-hetero) is 1. The fraction of sp³-hybridized carbons (Fsp3) is 0. The second-order valence-electron chi connectivity index (χ2n) is 1.93. The van der Waals surface area contributed by atoms with E-state index < -0.39 is 11.0 Å². The van der Waals surface area contributed by atoms with Gasteiger partial charge in [-0.2, -0.15) is 0 Å². The van der Waals surface area contributed by atoms with E-state index in [1.165, 1.54) is 12.3 Å². The van der Waals surface area contributed by atoms with E-state index in [9.17, 15) is 4.79 Å². The minimum absolute atomic E-state index is 0.153. The molecule has 0 aliphatic rings. The Hall–Kier alpha value is -1.42. The summed E-state index contributed by atoms with van der Waals surface area (Å²) < 4.78 is 0. The average molecular weight is 185 g/mol. The van der Waals surface area contributed by atoms with Crippen molar-refractivity contribution in [1.82, 2.24) is 4.98 Å². The van der Waals surface area contributed by atoms with E-state index in [2.05, 4.69) is 10.1 Å². The molecule has 1 heterocycles. The van der Waals surface area contributed by atoms with Crippen molar-refractivity contribution < 1.29 is 10.0 Å². The van der Waals surface area contributed by atoms with Gasteiger partial charge in [0.1, 0.15) is 5.69 Å². The Labute approximate surface area is 73.5 Å². The van der Waals surface area contributed by atoms with Crippen LogP contribution in [0.2, 0.25) is 0 Å². The lowest BCUT2D eigenvalue weighted by Gasteiger charge is -1.93. The Morgan fingerprint density at radius 1 is 1.58 bits per heavy atom. The number of ketones is 1. The largest absolute Gasteiger partial charge is 0.410 e. The monoisotopic (exact) mass is 184 g/mol. The fourth-order valence-corrected chi connectivity index (χ4v) is 0.745. The van der Waals surface area contributed by atoms with Crippen LogP contribution in [0.1, 0.15) is 10.5 Å². The Morgan fingerprint density at radius 3 is 2.83 bits per heavy atom. The van der Waals surface area contributed by atoms with E-state index in [4.69, 9.17) is 16.8 Å². The maximum atomic E-state index is 11.1. The van der Waals surface area contributed by atoms with Crippen molar-refractivity contribution in [3.8, 4) is 0 Å². The summed E-state index contributed by atoms with van der Waals surface area (Å²) in [6, 6.07) is 4.79. The number of hydrogen-bond acceptors (Lipinski definition) is 4. The lowest BCUT2D eigenvalue weighted by Crippen LogP contribution is -2.09. The lowest BCUT2D eigenvalue weighted by molar-refractivity contribution is 0.106. The number of pyridine rings is 1. The number of hydrogen-bond donors (Lipinski definition) is 1. The molecule has 0 bridgehead atoms. The molecule has 5 heteroatoms. The summed E-state index contributed by atoms with van der Waals surface area (Å²) in [6.07, 6.45) is 1.45. The van der Waals surface area contributed by atoms with Crippen molar-refractivity contribution in [2.24, 2.45) is 5.16 Å². The number of carbonyl (C=O) groups is 1. The summed E-state index contributed by atoms with van der Waals surface area (Å²) in [7, 11) is 0. The first kappa shape index (κ1) is 8.67. The number of nitrogens with zero attached hydrogens (tertiary/aromatic N) is 2. The van der Waals surface area contributed by atoms with Crippen molar-refractivity contribution >= 4 is 22.6 Å². The van der Waals surface area contributed by atoms with Crippen LogP contribution < -0.4 is 0 Å². The Balaban J connectivity index is 2.94. The van der Waals surface area contributed by atoms with Crippen molar-refractivity contribution in [1.29, 1.82) is 0 Å². The van der Waals surface area contributed by atoms with Gasteiger partial charge in [0.2, 0.25) is 11.0 Å². The van der Waals surface area contributed by atoms with E-state index in [-0.39, 0.29) is 5.69 Å². The van der Waals surface area contributed by atoms with Gasteiger partial charge < -0.3 is 5.21 Å². The molecule has 62 valence electrons. The third-order valence-electron chi connectivity index (χ3n) is 1.17. The smallest absolute Gasteiger partial charge is 0.244 e. The molecule has 0 unspecified atom stereocenters. The number of halogens is 1. The van der Waals surface area contributed by atoms with Gasteiger partial charge >= 0.3 is 0 Å². The third kappa shape index (κ3) is 1.79. The minimum atomic E-state index is -0.597. The Bertz CT molecular complexity index is 310. The number of oxime groups is 1. The highest BCUT2D eigenvalue weighted by Crippen LogP contribution is 1.99. The third-order valence-corrected chi connectivity index (χ3v) is 1.42. The SMILES string of the molecule is O=C(C(Cl)=NO)c1ccccn1. The summed E-state index contributed by atoms with van der Waals surface area (Å²) >= 11 is 5.26. The van der Waals surface area contributed by atoms with Gasteiger partial charge in [0, 0.05) is 6.20 Å². The second kappa shape index (κ2) is 3.82. The van der Waals surface area contributed by atoms with Gasteiger partial charge in [-0.25, -0.2) is 0 Å². The van der Waals surface area contributed by atoms with Gasteiger partial charge in [-0.05, 0) is 12.1 Å². The molecule has 1 rings (SSSR count). The van der Waals surface area contributed by atoms with E-state index >= 15 is 0 Å². The first-order valence-electron chi connectivity index (χ1n) is 3.09. The molecule has 0 fully saturated rings. The summed E-state index contributed by atoms with van der Waals surface area (Å²) in [4.78, 5) is 14.8. The molecule has 4 nitrogen and oxygen atoms in total.